The number of nitrogens with zero attached hydrogens (tertiary/aromatic N) is 1. The average molecular weight is 365 g/mol. The molecule has 1 aliphatic carbocycles. The summed E-state index contributed by atoms with van der Waals surface area (Å²) in [5, 5.41) is 0. The van der Waals surface area contributed by atoms with Gasteiger partial charge in [0.25, 0.3) is 0 Å². The molecule has 1 atom stereocenters. The van der Waals surface area contributed by atoms with Crippen LogP contribution in [0.25, 0.3) is 0 Å². The molecule has 0 saturated carbocycles. The molecule has 1 aliphatic rings. The third-order valence-electron chi connectivity index (χ3n) is 4.63. The van der Waals surface area contributed by atoms with E-state index in [1.165, 1.54) is 0 Å². The Hall–Kier alpha value is -2.24. The fraction of sp³-hybridized carbons (Fsp3) is 0.400. The van der Waals surface area contributed by atoms with Crippen molar-refractivity contribution in [2.45, 2.75) is 51.4 Å². The lowest BCUT2D eigenvalue weighted by Gasteiger charge is -2.22. The summed E-state index contributed by atoms with van der Waals surface area (Å²) < 4.78 is 53.3. The molecule has 138 valence electrons. The van der Waals surface area contributed by atoms with Crippen LogP contribution in [0.5, 0.6) is 0 Å². The smallest absolute Gasteiger partial charge is 0.294 e. The van der Waals surface area contributed by atoms with Gasteiger partial charge in [0, 0.05) is 23.2 Å². The summed E-state index contributed by atoms with van der Waals surface area (Å²) in [5.41, 5.74) is 1.22. The van der Waals surface area contributed by atoms with Crippen molar-refractivity contribution in [2.24, 2.45) is 0 Å². The Bertz CT molecular complexity index is 825. The molecule has 0 amide bonds. The summed E-state index contributed by atoms with van der Waals surface area (Å²) in [4.78, 5) is 16.7. The molecule has 2 aromatic rings. The second-order valence-electron chi connectivity index (χ2n) is 6.87. The maximum atomic E-state index is 15.2. The second-order valence-corrected chi connectivity index (χ2v) is 6.87. The van der Waals surface area contributed by atoms with E-state index < -0.39 is 17.9 Å². The van der Waals surface area contributed by atoms with Gasteiger partial charge in [0.15, 0.2) is 12.0 Å². The zero-order valence-corrected chi connectivity index (χ0v) is 14.5. The normalized spacial score (nSPS) is 15.9. The Labute approximate surface area is 149 Å². The average Bonchev–Trinajstić information content (AvgIpc) is 2.60. The van der Waals surface area contributed by atoms with Crippen molar-refractivity contribution in [3.05, 3.63) is 64.0 Å². The molecule has 1 aromatic carbocycles. The van der Waals surface area contributed by atoms with Gasteiger partial charge in [-0.1, -0.05) is 26.0 Å². The summed E-state index contributed by atoms with van der Waals surface area (Å²) in [5.74, 6) is -0.130. The van der Waals surface area contributed by atoms with Gasteiger partial charge in [-0.2, -0.15) is 13.2 Å². The molecule has 1 unspecified atom stereocenters. The van der Waals surface area contributed by atoms with Crippen LogP contribution in [-0.4, -0.2) is 10.8 Å². The lowest BCUT2D eigenvalue weighted by Crippen LogP contribution is -2.17. The molecule has 0 N–H and O–H groups in total. The maximum absolute atomic E-state index is 15.2. The van der Waals surface area contributed by atoms with Crippen LogP contribution in [0.4, 0.5) is 17.6 Å². The van der Waals surface area contributed by atoms with Gasteiger partial charge in [-0.25, -0.2) is 4.39 Å². The van der Waals surface area contributed by atoms with E-state index in [4.69, 9.17) is 0 Å². The van der Waals surface area contributed by atoms with Crippen LogP contribution in [0.15, 0.2) is 30.3 Å². The number of carbonyl (C=O) groups excluding carboxylic acids is 1. The molecule has 26 heavy (non-hydrogen) atoms. The standard InChI is InChI=1S/C20H19F4NO/c1-11(2)19-15(10-14-16(25-19)4-3-5-17(14)26)18(21)12-6-8-13(9-7-12)20(22,23)24/h6-11,18H,3-5H2,1-2H3. The van der Waals surface area contributed by atoms with Crippen LogP contribution in [0, 0.1) is 0 Å². The lowest BCUT2D eigenvalue weighted by atomic mass is 9.88. The summed E-state index contributed by atoms with van der Waals surface area (Å²) >= 11 is 0. The highest BCUT2D eigenvalue weighted by atomic mass is 19.4. The van der Waals surface area contributed by atoms with Crippen LogP contribution in [0.2, 0.25) is 0 Å². The van der Waals surface area contributed by atoms with Crippen LogP contribution >= 0.6 is 0 Å². The van der Waals surface area contributed by atoms with E-state index in [0.29, 0.717) is 29.8 Å². The van der Waals surface area contributed by atoms with Crippen molar-refractivity contribution < 1.29 is 22.4 Å². The first-order valence-electron chi connectivity index (χ1n) is 8.56. The van der Waals surface area contributed by atoms with E-state index >= 15 is 4.39 Å². The third kappa shape index (κ3) is 3.50. The van der Waals surface area contributed by atoms with Crippen molar-refractivity contribution in [3.8, 4) is 0 Å². The molecule has 1 aromatic heterocycles. The Balaban J connectivity index is 2.04. The number of hydrogen-bond donors (Lipinski definition) is 0. The first-order valence-corrected chi connectivity index (χ1v) is 8.56. The van der Waals surface area contributed by atoms with Crippen molar-refractivity contribution in [1.82, 2.24) is 4.98 Å². The van der Waals surface area contributed by atoms with Gasteiger partial charge < -0.3 is 0 Å². The monoisotopic (exact) mass is 365 g/mol. The van der Waals surface area contributed by atoms with Crippen LogP contribution < -0.4 is 0 Å². The summed E-state index contributed by atoms with van der Waals surface area (Å²) in [7, 11) is 0. The molecule has 0 bridgehead atoms. The van der Waals surface area contributed by atoms with Crippen molar-refractivity contribution in [3.63, 3.8) is 0 Å². The lowest BCUT2D eigenvalue weighted by molar-refractivity contribution is -0.137. The number of pyridine rings is 1. The van der Waals surface area contributed by atoms with Gasteiger partial charge in [-0.15, -0.1) is 0 Å². The summed E-state index contributed by atoms with van der Waals surface area (Å²) in [6.07, 6.45) is -4.28. The number of ketones is 1. The first-order chi connectivity index (χ1) is 12.2. The molecule has 0 fully saturated rings. The Morgan fingerprint density at radius 1 is 1.08 bits per heavy atom. The molecule has 0 spiro atoms. The van der Waals surface area contributed by atoms with Gasteiger partial charge in [0.05, 0.1) is 11.3 Å². The van der Waals surface area contributed by atoms with Gasteiger partial charge in [0.2, 0.25) is 0 Å². The molecule has 2 nitrogen and oxygen atoms in total. The minimum atomic E-state index is -4.47. The number of hydrogen-bond acceptors (Lipinski definition) is 2. The number of Topliss-reactive ketones (excluding diaryl/α,β-unsaturated/α-hetero) is 1. The van der Waals surface area contributed by atoms with E-state index in [0.717, 1.165) is 30.7 Å². The number of rotatable bonds is 3. The van der Waals surface area contributed by atoms with Crippen LogP contribution in [-0.2, 0) is 12.6 Å². The highest BCUT2D eigenvalue weighted by Crippen LogP contribution is 2.36. The number of aryl methyl sites for hydroxylation is 1. The SMILES string of the molecule is CC(C)c1nc2c(cc1C(F)c1ccc(C(F)(F)F)cc1)C(=O)CCC2. The minimum absolute atomic E-state index is 0.0603. The number of carbonyl (C=O) groups is 1. The number of aromatic nitrogens is 1. The molecule has 0 aliphatic heterocycles. The van der Waals surface area contributed by atoms with E-state index in [1.54, 1.807) is 6.07 Å². The molecule has 3 rings (SSSR count). The third-order valence-corrected chi connectivity index (χ3v) is 4.63. The van der Waals surface area contributed by atoms with Gasteiger partial charge >= 0.3 is 6.18 Å². The zero-order chi connectivity index (χ0) is 19.1. The molecule has 6 heteroatoms. The van der Waals surface area contributed by atoms with Crippen molar-refractivity contribution >= 4 is 5.78 Å². The minimum Gasteiger partial charge on any atom is -0.294 e. The summed E-state index contributed by atoms with van der Waals surface area (Å²) in [6, 6.07) is 5.56. The van der Waals surface area contributed by atoms with Gasteiger partial charge in [-0.3, -0.25) is 9.78 Å². The Morgan fingerprint density at radius 2 is 1.73 bits per heavy atom. The molecular weight excluding hydrogens is 346 g/mol. The number of alkyl halides is 4. The summed E-state index contributed by atoms with van der Waals surface area (Å²) in [6.45, 7) is 3.75. The van der Waals surface area contributed by atoms with E-state index in [2.05, 4.69) is 4.98 Å². The molecule has 1 heterocycles. The fourth-order valence-electron chi connectivity index (χ4n) is 3.25. The van der Waals surface area contributed by atoms with E-state index in [-0.39, 0.29) is 22.8 Å². The highest BCUT2D eigenvalue weighted by molar-refractivity contribution is 5.98. The first kappa shape index (κ1) is 18.5. The predicted octanol–water partition coefficient (Wildman–Crippen LogP) is 5.80. The van der Waals surface area contributed by atoms with Crippen LogP contribution in [0.3, 0.4) is 0 Å². The van der Waals surface area contributed by atoms with E-state index in [1.807, 2.05) is 13.8 Å². The van der Waals surface area contributed by atoms with Gasteiger partial charge in [-0.05, 0) is 42.5 Å². The van der Waals surface area contributed by atoms with Crippen LogP contribution in [0.1, 0.15) is 77.2 Å². The quantitative estimate of drug-likeness (QED) is 0.643. The predicted molar refractivity (Wildman–Crippen MR) is 90.0 cm³/mol. The fourth-order valence-corrected chi connectivity index (χ4v) is 3.25. The largest absolute Gasteiger partial charge is 0.416 e. The van der Waals surface area contributed by atoms with Crippen molar-refractivity contribution in [2.75, 3.05) is 0 Å². The molecule has 0 radical (unpaired) electrons. The maximum Gasteiger partial charge on any atom is 0.416 e. The zero-order valence-electron chi connectivity index (χ0n) is 14.5. The number of fused-ring (bicyclic) bond motifs is 1. The Kier molecular flexibility index (Phi) is 4.86. The second kappa shape index (κ2) is 6.82. The topological polar surface area (TPSA) is 30.0 Å². The molecular formula is C20H19F4NO. The van der Waals surface area contributed by atoms with E-state index in [9.17, 15) is 18.0 Å². The molecule has 0 saturated heterocycles. The van der Waals surface area contributed by atoms with Crippen molar-refractivity contribution in [1.29, 1.82) is 0 Å². The Morgan fingerprint density at radius 3 is 2.31 bits per heavy atom. The number of halogens is 4. The number of benzene rings is 1. The van der Waals surface area contributed by atoms with Gasteiger partial charge in [0.1, 0.15) is 0 Å². The highest BCUT2D eigenvalue weighted by Gasteiger charge is 2.31.